The van der Waals surface area contributed by atoms with Crippen molar-refractivity contribution in [1.29, 1.82) is 0 Å². The van der Waals surface area contributed by atoms with E-state index < -0.39 is 18.0 Å². The Kier molecular flexibility index (Phi) is 5.58. The molecular formula is C20H18F3N3O3. The number of rotatable bonds is 5. The van der Waals surface area contributed by atoms with Crippen LogP contribution in [0.3, 0.4) is 0 Å². The van der Waals surface area contributed by atoms with Gasteiger partial charge in [0.15, 0.2) is 0 Å². The molecule has 3 rings (SSSR count). The summed E-state index contributed by atoms with van der Waals surface area (Å²) in [7, 11) is 0. The molecule has 1 amide bonds. The Morgan fingerprint density at radius 2 is 1.79 bits per heavy atom. The molecule has 2 aromatic carbocycles. The van der Waals surface area contributed by atoms with Gasteiger partial charge in [0.2, 0.25) is 0 Å². The number of hydrogen-bond donors (Lipinski definition) is 1. The van der Waals surface area contributed by atoms with Gasteiger partial charge in [0, 0.05) is 11.6 Å². The predicted octanol–water partition coefficient (Wildman–Crippen LogP) is 3.87. The van der Waals surface area contributed by atoms with Crippen molar-refractivity contribution in [1.82, 2.24) is 14.9 Å². The van der Waals surface area contributed by atoms with Crippen LogP contribution in [0.25, 0.3) is 10.9 Å². The fourth-order valence-electron chi connectivity index (χ4n) is 2.83. The van der Waals surface area contributed by atoms with E-state index in [0.717, 1.165) is 12.1 Å². The Morgan fingerprint density at radius 3 is 2.41 bits per heavy atom. The van der Waals surface area contributed by atoms with Gasteiger partial charge in [-0.25, -0.2) is 4.98 Å². The van der Waals surface area contributed by atoms with Gasteiger partial charge in [-0.3, -0.25) is 9.59 Å². The second-order valence-electron chi connectivity index (χ2n) is 6.63. The average molecular weight is 405 g/mol. The summed E-state index contributed by atoms with van der Waals surface area (Å²) >= 11 is 0. The Morgan fingerprint density at radius 1 is 1.14 bits per heavy atom. The maximum absolute atomic E-state index is 12.9. The van der Waals surface area contributed by atoms with E-state index in [1.54, 1.807) is 38.1 Å². The lowest BCUT2D eigenvalue weighted by atomic mass is 10.1. The summed E-state index contributed by atoms with van der Waals surface area (Å²) in [6.07, 6.45) is -4.80. The standard InChI is InChI=1S/C20H18F3N3O3/c1-12(2)26(11-17-24-16-6-4-3-5-15(16)18(27)25-17)19(28)13-7-9-14(10-8-13)29-20(21,22)23/h3-10,12H,11H2,1-2H3,(H,24,25,27). The number of hydrogen-bond acceptors (Lipinski definition) is 4. The molecule has 0 aliphatic heterocycles. The smallest absolute Gasteiger partial charge is 0.406 e. The molecule has 1 aromatic heterocycles. The third-order valence-corrected chi connectivity index (χ3v) is 4.20. The number of halogens is 3. The summed E-state index contributed by atoms with van der Waals surface area (Å²) in [5.41, 5.74) is 0.392. The molecule has 0 fully saturated rings. The number of carbonyl (C=O) groups excluding carboxylic acids is 1. The number of benzene rings is 2. The number of nitrogens with one attached hydrogen (secondary N) is 1. The number of aromatic amines is 1. The zero-order valence-corrected chi connectivity index (χ0v) is 15.7. The van der Waals surface area contributed by atoms with Gasteiger partial charge in [0.05, 0.1) is 17.4 Å². The second kappa shape index (κ2) is 7.94. The number of nitrogens with zero attached hydrogens (tertiary/aromatic N) is 2. The topological polar surface area (TPSA) is 75.3 Å². The number of H-pyrrole nitrogens is 1. The van der Waals surface area contributed by atoms with Gasteiger partial charge >= 0.3 is 6.36 Å². The summed E-state index contributed by atoms with van der Waals surface area (Å²) in [4.78, 5) is 33.6. The van der Waals surface area contributed by atoms with E-state index in [0.29, 0.717) is 16.7 Å². The van der Waals surface area contributed by atoms with Gasteiger partial charge in [-0.2, -0.15) is 0 Å². The van der Waals surface area contributed by atoms with Crippen LogP contribution in [0.15, 0.2) is 53.3 Å². The zero-order chi connectivity index (χ0) is 21.2. The van der Waals surface area contributed by atoms with Crippen LogP contribution in [0.4, 0.5) is 13.2 Å². The van der Waals surface area contributed by atoms with Gasteiger partial charge in [0.1, 0.15) is 11.6 Å². The van der Waals surface area contributed by atoms with Crippen molar-refractivity contribution < 1.29 is 22.7 Å². The summed E-state index contributed by atoms with van der Waals surface area (Å²) < 4.78 is 40.7. The number of alkyl halides is 3. The monoisotopic (exact) mass is 405 g/mol. The first kappa shape index (κ1) is 20.4. The molecule has 1 N–H and O–H groups in total. The predicted molar refractivity (Wildman–Crippen MR) is 100 cm³/mol. The SMILES string of the molecule is CC(C)N(Cc1nc2ccccc2c(=O)[nH]1)C(=O)c1ccc(OC(F)(F)F)cc1. The van der Waals surface area contributed by atoms with E-state index in [2.05, 4.69) is 14.7 Å². The number of amides is 1. The summed E-state index contributed by atoms with van der Waals surface area (Å²) in [5, 5.41) is 0.443. The Hall–Kier alpha value is -3.36. The molecule has 0 spiro atoms. The second-order valence-corrected chi connectivity index (χ2v) is 6.63. The minimum Gasteiger partial charge on any atom is -0.406 e. The minimum absolute atomic E-state index is 0.0391. The fraction of sp³-hybridized carbons (Fsp3) is 0.250. The molecule has 0 saturated carbocycles. The first-order chi connectivity index (χ1) is 13.6. The number of carbonyl (C=O) groups is 1. The van der Waals surface area contributed by atoms with Crippen molar-refractivity contribution in [3.05, 3.63) is 70.3 Å². The maximum atomic E-state index is 12.9. The number of para-hydroxylation sites is 1. The molecule has 0 bridgehead atoms. The summed E-state index contributed by atoms with van der Waals surface area (Å²) in [6.45, 7) is 3.62. The van der Waals surface area contributed by atoms with Gasteiger partial charge in [0.25, 0.3) is 11.5 Å². The van der Waals surface area contributed by atoms with Crippen molar-refractivity contribution in [2.75, 3.05) is 0 Å². The third kappa shape index (κ3) is 4.92. The first-order valence-electron chi connectivity index (χ1n) is 8.79. The number of fused-ring (bicyclic) bond motifs is 1. The van der Waals surface area contributed by atoms with Crippen molar-refractivity contribution in [2.45, 2.75) is 32.8 Å². The molecule has 0 radical (unpaired) electrons. The van der Waals surface area contributed by atoms with Crippen LogP contribution in [0.5, 0.6) is 5.75 Å². The molecule has 0 aliphatic carbocycles. The molecule has 0 unspecified atom stereocenters. The Bertz CT molecular complexity index is 1080. The first-order valence-corrected chi connectivity index (χ1v) is 8.79. The lowest BCUT2D eigenvalue weighted by Crippen LogP contribution is -2.37. The Balaban J connectivity index is 1.84. The highest BCUT2D eigenvalue weighted by Gasteiger charge is 2.31. The Labute approximate surface area is 163 Å². The van der Waals surface area contributed by atoms with Crippen LogP contribution in [0.2, 0.25) is 0 Å². The highest BCUT2D eigenvalue weighted by atomic mass is 19.4. The van der Waals surface area contributed by atoms with Gasteiger partial charge in [-0.15, -0.1) is 13.2 Å². The van der Waals surface area contributed by atoms with E-state index in [9.17, 15) is 22.8 Å². The van der Waals surface area contributed by atoms with Crippen LogP contribution in [-0.4, -0.2) is 33.2 Å². The molecule has 6 nitrogen and oxygen atoms in total. The highest BCUT2D eigenvalue weighted by Crippen LogP contribution is 2.23. The molecule has 0 atom stereocenters. The lowest BCUT2D eigenvalue weighted by molar-refractivity contribution is -0.274. The van der Waals surface area contributed by atoms with Crippen molar-refractivity contribution in [2.24, 2.45) is 0 Å². The molecule has 9 heteroatoms. The van der Waals surface area contributed by atoms with Crippen molar-refractivity contribution in [3.63, 3.8) is 0 Å². The molecule has 1 heterocycles. The molecule has 152 valence electrons. The van der Waals surface area contributed by atoms with Gasteiger partial charge in [-0.05, 0) is 50.2 Å². The van der Waals surface area contributed by atoms with E-state index in [1.165, 1.54) is 17.0 Å². The fourth-order valence-corrected chi connectivity index (χ4v) is 2.83. The average Bonchev–Trinajstić information content (AvgIpc) is 2.65. The lowest BCUT2D eigenvalue weighted by Gasteiger charge is -2.26. The summed E-state index contributed by atoms with van der Waals surface area (Å²) in [5.74, 6) is -0.507. The van der Waals surface area contributed by atoms with E-state index in [4.69, 9.17) is 0 Å². The number of aromatic nitrogens is 2. The van der Waals surface area contributed by atoms with Crippen LogP contribution in [-0.2, 0) is 6.54 Å². The van der Waals surface area contributed by atoms with Crippen LogP contribution in [0, 0.1) is 0 Å². The number of ether oxygens (including phenoxy) is 1. The molecule has 0 saturated heterocycles. The third-order valence-electron chi connectivity index (χ3n) is 4.20. The zero-order valence-electron chi connectivity index (χ0n) is 15.7. The van der Waals surface area contributed by atoms with Crippen molar-refractivity contribution >= 4 is 16.8 Å². The van der Waals surface area contributed by atoms with Gasteiger partial charge < -0.3 is 14.6 Å². The van der Waals surface area contributed by atoms with E-state index in [1.807, 2.05) is 0 Å². The van der Waals surface area contributed by atoms with E-state index in [-0.39, 0.29) is 23.7 Å². The molecular weight excluding hydrogens is 387 g/mol. The molecule has 0 aliphatic rings. The van der Waals surface area contributed by atoms with Crippen LogP contribution >= 0.6 is 0 Å². The largest absolute Gasteiger partial charge is 0.573 e. The van der Waals surface area contributed by atoms with Crippen molar-refractivity contribution in [3.8, 4) is 5.75 Å². The molecule has 3 aromatic rings. The van der Waals surface area contributed by atoms with Crippen LogP contribution in [0.1, 0.15) is 30.0 Å². The molecule has 29 heavy (non-hydrogen) atoms. The highest BCUT2D eigenvalue weighted by molar-refractivity contribution is 5.94. The minimum atomic E-state index is -4.80. The van der Waals surface area contributed by atoms with Gasteiger partial charge in [-0.1, -0.05) is 12.1 Å². The van der Waals surface area contributed by atoms with Crippen LogP contribution < -0.4 is 10.3 Å². The van der Waals surface area contributed by atoms with E-state index >= 15 is 0 Å². The maximum Gasteiger partial charge on any atom is 0.573 e. The normalized spacial score (nSPS) is 11.7. The summed E-state index contributed by atoms with van der Waals surface area (Å²) in [6, 6.07) is 11.3. The quantitative estimate of drug-likeness (QED) is 0.699.